The quantitative estimate of drug-likeness (QED) is 0.504. The molecule has 0 heterocycles. The van der Waals surface area contributed by atoms with E-state index in [2.05, 4.69) is 10.6 Å². The SMILES string of the molecule is COc1ccc2cc(/C=C(\C#N)C(=O)Nc3ccc(NC(C)=O)cc3)ccc2c1. The molecule has 3 aromatic rings. The average molecular weight is 385 g/mol. The van der Waals surface area contributed by atoms with Gasteiger partial charge in [0.1, 0.15) is 17.4 Å². The van der Waals surface area contributed by atoms with E-state index in [1.807, 2.05) is 42.5 Å². The molecule has 2 N–H and O–H groups in total. The maximum absolute atomic E-state index is 12.5. The molecule has 6 heteroatoms. The van der Waals surface area contributed by atoms with Gasteiger partial charge in [0, 0.05) is 18.3 Å². The van der Waals surface area contributed by atoms with Gasteiger partial charge in [-0.2, -0.15) is 5.26 Å². The molecule has 29 heavy (non-hydrogen) atoms. The van der Waals surface area contributed by atoms with Crippen LogP contribution in [0.4, 0.5) is 11.4 Å². The number of ether oxygens (including phenoxy) is 1. The molecular formula is C23H19N3O3. The predicted octanol–water partition coefficient (Wildman–Crippen LogP) is 4.35. The van der Waals surface area contributed by atoms with E-state index >= 15 is 0 Å². The molecule has 0 radical (unpaired) electrons. The Hall–Kier alpha value is -4.11. The fourth-order valence-corrected chi connectivity index (χ4v) is 2.81. The second kappa shape index (κ2) is 8.72. The van der Waals surface area contributed by atoms with Crippen LogP contribution in [-0.4, -0.2) is 18.9 Å². The van der Waals surface area contributed by atoms with Gasteiger partial charge in [-0.1, -0.05) is 18.2 Å². The Kier molecular flexibility index (Phi) is 5.91. The molecule has 0 saturated carbocycles. The molecule has 2 amide bonds. The van der Waals surface area contributed by atoms with Crippen molar-refractivity contribution >= 4 is 40.0 Å². The third-order valence-corrected chi connectivity index (χ3v) is 4.21. The maximum atomic E-state index is 12.5. The van der Waals surface area contributed by atoms with Crippen molar-refractivity contribution in [2.45, 2.75) is 6.92 Å². The summed E-state index contributed by atoms with van der Waals surface area (Å²) >= 11 is 0. The molecule has 6 nitrogen and oxygen atoms in total. The number of methoxy groups -OCH3 is 1. The smallest absolute Gasteiger partial charge is 0.266 e. The predicted molar refractivity (Wildman–Crippen MR) is 113 cm³/mol. The van der Waals surface area contributed by atoms with Crippen LogP contribution in [0.25, 0.3) is 16.8 Å². The van der Waals surface area contributed by atoms with Gasteiger partial charge in [0.05, 0.1) is 7.11 Å². The van der Waals surface area contributed by atoms with E-state index < -0.39 is 5.91 Å². The molecule has 0 fully saturated rings. The van der Waals surface area contributed by atoms with Crippen molar-refractivity contribution < 1.29 is 14.3 Å². The zero-order valence-corrected chi connectivity index (χ0v) is 16.0. The molecule has 3 rings (SSSR count). The summed E-state index contributed by atoms with van der Waals surface area (Å²) in [7, 11) is 1.61. The number of amides is 2. The summed E-state index contributed by atoms with van der Waals surface area (Å²) in [5.74, 6) is 0.0855. The Labute approximate surface area is 168 Å². The van der Waals surface area contributed by atoms with Crippen molar-refractivity contribution in [1.82, 2.24) is 0 Å². The number of benzene rings is 3. The van der Waals surface area contributed by atoms with Gasteiger partial charge in [-0.3, -0.25) is 9.59 Å². The minimum Gasteiger partial charge on any atom is -0.497 e. The number of nitriles is 1. The molecular weight excluding hydrogens is 366 g/mol. The van der Waals surface area contributed by atoms with Crippen LogP contribution in [0.3, 0.4) is 0 Å². The fourth-order valence-electron chi connectivity index (χ4n) is 2.81. The zero-order valence-electron chi connectivity index (χ0n) is 16.0. The molecule has 0 spiro atoms. The number of hydrogen-bond acceptors (Lipinski definition) is 4. The lowest BCUT2D eigenvalue weighted by atomic mass is 10.0. The fraction of sp³-hybridized carbons (Fsp3) is 0.0870. The Balaban J connectivity index is 1.78. The number of carbonyl (C=O) groups excluding carboxylic acids is 2. The Morgan fingerprint density at radius 2 is 1.55 bits per heavy atom. The van der Waals surface area contributed by atoms with Gasteiger partial charge in [-0.05, 0) is 64.9 Å². The molecule has 0 aromatic heterocycles. The largest absolute Gasteiger partial charge is 0.497 e. The van der Waals surface area contributed by atoms with Gasteiger partial charge in [0.25, 0.3) is 5.91 Å². The van der Waals surface area contributed by atoms with Crippen molar-refractivity contribution in [3.05, 3.63) is 71.8 Å². The highest BCUT2D eigenvalue weighted by Crippen LogP contribution is 2.23. The summed E-state index contributed by atoms with van der Waals surface area (Å²) in [6, 6.07) is 20.0. The van der Waals surface area contributed by atoms with Crippen molar-refractivity contribution in [3.63, 3.8) is 0 Å². The minimum absolute atomic E-state index is 0.0104. The first-order valence-electron chi connectivity index (χ1n) is 8.87. The van der Waals surface area contributed by atoms with E-state index in [4.69, 9.17) is 4.74 Å². The minimum atomic E-state index is -0.505. The zero-order chi connectivity index (χ0) is 20.8. The molecule has 0 aliphatic carbocycles. The molecule has 0 aliphatic rings. The lowest BCUT2D eigenvalue weighted by molar-refractivity contribution is -0.114. The second-order valence-corrected chi connectivity index (χ2v) is 6.35. The van der Waals surface area contributed by atoms with Crippen LogP contribution in [-0.2, 0) is 9.59 Å². The van der Waals surface area contributed by atoms with Crippen LogP contribution in [0.1, 0.15) is 12.5 Å². The van der Waals surface area contributed by atoms with Gasteiger partial charge >= 0.3 is 0 Å². The summed E-state index contributed by atoms with van der Waals surface area (Å²) < 4.78 is 5.22. The summed E-state index contributed by atoms with van der Waals surface area (Å²) in [6.07, 6.45) is 1.55. The number of nitrogens with one attached hydrogen (secondary N) is 2. The van der Waals surface area contributed by atoms with Crippen LogP contribution >= 0.6 is 0 Å². The van der Waals surface area contributed by atoms with E-state index in [1.165, 1.54) is 6.92 Å². The monoisotopic (exact) mass is 385 g/mol. The van der Waals surface area contributed by atoms with Crippen LogP contribution in [0.2, 0.25) is 0 Å². The number of hydrogen-bond donors (Lipinski definition) is 2. The van der Waals surface area contributed by atoms with Crippen molar-refractivity contribution in [3.8, 4) is 11.8 Å². The number of nitrogens with zero attached hydrogens (tertiary/aromatic N) is 1. The number of carbonyl (C=O) groups is 2. The van der Waals surface area contributed by atoms with E-state index in [1.54, 1.807) is 37.5 Å². The van der Waals surface area contributed by atoms with Crippen molar-refractivity contribution in [2.75, 3.05) is 17.7 Å². The van der Waals surface area contributed by atoms with Gasteiger partial charge in [0.15, 0.2) is 0 Å². The first-order chi connectivity index (χ1) is 14.0. The molecule has 0 atom stereocenters. The summed E-state index contributed by atoms with van der Waals surface area (Å²) in [5.41, 5.74) is 1.88. The first-order valence-corrected chi connectivity index (χ1v) is 8.87. The number of rotatable bonds is 5. The van der Waals surface area contributed by atoms with Gasteiger partial charge in [0.2, 0.25) is 5.91 Å². The topological polar surface area (TPSA) is 91.2 Å². The molecule has 0 aliphatic heterocycles. The van der Waals surface area contributed by atoms with E-state index in [9.17, 15) is 14.9 Å². The molecule has 0 bridgehead atoms. The summed E-state index contributed by atoms with van der Waals surface area (Å²) in [6.45, 7) is 1.42. The van der Waals surface area contributed by atoms with Crippen LogP contribution in [0.5, 0.6) is 5.75 Å². The Bertz CT molecular complexity index is 1140. The normalized spacial score (nSPS) is 10.9. The van der Waals surface area contributed by atoms with E-state index in [0.29, 0.717) is 11.4 Å². The maximum Gasteiger partial charge on any atom is 0.266 e. The van der Waals surface area contributed by atoms with E-state index in [-0.39, 0.29) is 11.5 Å². The van der Waals surface area contributed by atoms with Gasteiger partial charge in [-0.25, -0.2) is 0 Å². The highest BCUT2D eigenvalue weighted by Gasteiger charge is 2.10. The van der Waals surface area contributed by atoms with Crippen LogP contribution in [0.15, 0.2) is 66.2 Å². The average Bonchev–Trinajstić information content (AvgIpc) is 2.72. The number of anilines is 2. The Morgan fingerprint density at radius 1 is 0.931 bits per heavy atom. The third kappa shape index (κ3) is 4.99. The number of fused-ring (bicyclic) bond motifs is 1. The lowest BCUT2D eigenvalue weighted by Crippen LogP contribution is -2.13. The van der Waals surface area contributed by atoms with Crippen LogP contribution in [0, 0.1) is 11.3 Å². The highest BCUT2D eigenvalue weighted by atomic mass is 16.5. The molecule has 0 saturated heterocycles. The molecule has 3 aromatic carbocycles. The second-order valence-electron chi connectivity index (χ2n) is 6.35. The van der Waals surface area contributed by atoms with Crippen molar-refractivity contribution in [1.29, 1.82) is 5.26 Å². The first kappa shape index (κ1) is 19.6. The Morgan fingerprint density at radius 3 is 2.17 bits per heavy atom. The highest BCUT2D eigenvalue weighted by molar-refractivity contribution is 6.10. The van der Waals surface area contributed by atoms with Gasteiger partial charge < -0.3 is 15.4 Å². The van der Waals surface area contributed by atoms with Gasteiger partial charge in [-0.15, -0.1) is 0 Å². The van der Waals surface area contributed by atoms with Crippen molar-refractivity contribution in [2.24, 2.45) is 0 Å². The third-order valence-electron chi connectivity index (χ3n) is 4.21. The summed E-state index contributed by atoms with van der Waals surface area (Å²) in [5, 5.41) is 16.7. The van der Waals surface area contributed by atoms with E-state index in [0.717, 1.165) is 22.1 Å². The summed E-state index contributed by atoms with van der Waals surface area (Å²) in [4.78, 5) is 23.5. The molecule has 144 valence electrons. The van der Waals surface area contributed by atoms with Crippen LogP contribution < -0.4 is 15.4 Å². The standard InChI is InChI=1S/C23H19N3O3/c1-15(27)25-20-6-8-21(9-7-20)26-23(28)19(14-24)12-16-3-4-18-13-22(29-2)10-5-17(18)11-16/h3-13H,1-2H3,(H,25,27)(H,26,28)/b19-12+. The lowest BCUT2D eigenvalue weighted by Gasteiger charge is -2.07. The molecule has 0 unspecified atom stereocenters.